The van der Waals surface area contributed by atoms with E-state index in [1.54, 1.807) is 13.0 Å². The third-order valence-electron chi connectivity index (χ3n) is 5.30. The number of aryl methyl sites for hydroxylation is 1. The van der Waals surface area contributed by atoms with Gasteiger partial charge in [-0.05, 0) is 66.4 Å². The highest BCUT2D eigenvalue weighted by atomic mass is 19.4. The summed E-state index contributed by atoms with van der Waals surface area (Å²) in [4.78, 5) is 28.5. The lowest BCUT2D eigenvalue weighted by molar-refractivity contribution is -0.143. The number of pyridine rings is 1. The highest BCUT2D eigenvalue weighted by Gasteiger charge is 2.32. The van der Waals surface area contributed by atoms with Crippen LogP contribution in [0.3, 0.4) is 0 Å². The molecule has 0 fully saturated rings. The second kappa shape index (κ2) is 11.7. The van der Waals surface area contributed by atoms with Crippen LogP contribution in [-0.2, 0) is 28.7 Å². The number of nitrogens with zero attached hydrogens (tertiary/aromatic N) is 1. The van der Waals surface area contributed by atoms with Gasteiger partial charge >= 0.3 is 12.1 Å². The Labute approximate surface area is 205 Å². The van der Waals surface area contributed by atoms with E-state index in [4.69, 9.17) is 9.47 Å². The Morgan fingerprint density at radius 2 is 1.83 bits per heavy atom. The first-order valence-electron chi connectivity index (χ1n) is 11.0. The van der Waals surface area contributed by atoms with Crippen LogP contribution in [0.2, 0.25) is 0 Å². The Kier molecular flexibility index (Phi) is 8.63. The van der Waals surface area contributed by atoms with Gasteiger partial charge in [-0.15, -0.1) is 0 Å². The Bertz CT molecular complexity index is 1240. The van der Waals surface area contributed by atoms with Crippen molar-refractivity contribution in [3.05, 3.63) is 82.9 Å². The van der Waals surface area contributed by atoms with Crippen molar-refractivity contribution < 1.29 is 36.6 Å². The SMILES string of the molecule is CCOC(=O)CCc1cc(C(=O)NCc2cnccc2-c2ccc(F)cc2OC)cc(C(F)(F)F)c1. The van der Waals surface area contributed by atoms with Crippen LogP contribution in [0.4, 0.5) is 17.6 Å². The average Bonchev–Trinajstić information content (AvgIpc) is 2.85. The molecule has 36 heavy (non-hydrogen) atoms. The molecule has 1 aromatic heterocycles. The van der Waals surface area contributed by atoms with E-state index in [1.165, 1.54) is 43.8 Å². The monoisotopic (exact) mass is 504 g/mol. The van der Waals surface area contributed by atoms with Gasteiger partial charge in [0.15, 0.2) is 0 Å². The van der Waals surface area contributed by atoms with E-state index in [9.17, 15) is 27.2 Å². The molecule has 0 aliphatic carbocycles. The summed E-state index contributed by atoms with van der Waals surface area (Å²) in [6.45, 7) is 1.73. The lowest BCUT2D eigenvalue weighted by Gasteiger charge is -2.15. The second-order valence-corrected chi connectivity index (χ2v) is 7.78. The van der Waals surface area contributed by atoms with E-state index in [0.717, 1.165) is 12.1 Å². The standard InChI is InChI=1S/C26H24F4N2O4/c1-3-36-24(33)7-4-16-10-17(12-19(11-16)26(28,29)30)25(34)32-15-18-14-31-9-8-21(18)22-6-5-20(27)13-23(22)35-2/h5-6,8-14H,3-4,7,15H2,1-2H3,(H,32,34). The summed E-state index contributed by atoms with van der Waals surface area (Å²) < 4.78 is 64.1. The molecule has 3 rings (SSSR count). The third-order valence-corrected chi connectivity index (χ3v) is 5.30. The zero-order chi connectivity index (χ0) is 26.3. The quantitative estimate of drug-likeness (QED) is 0.314. The molecule has 1 amide bonds. The average molecular weight is 504 g/mol. The first-order valence-corrected chi connectivity index (χ1v) is 11.0. The Balaban J connectivity index is 1.84. The molecule has 0 radical (unpaired) electrons. The smallest absolute Gasteiger partial charge is 0.416 e. The van der Waals surface area contributed by atoms with E-state index in [1.807, 2.05) is 0 Å². The van der Waals surface area contributed by atoms with Crippen molar-refractivity contribution >= 4 is 11.9 Å². The minimum atomic E-state index is -4.68. The number of amides is 1. The summed E-state index contributed by atoms with van der Waals surface area (Å²) in [7, 11) is 1.40. The molecule has 0 saturated carbocycles. The van der Waals surface area contributed by atoms with Gasteiger partial charge in [-0.25, -0.2) is 4.39 Å². The molecule has 0 aliphatic heterocycles. The van der Waals surface area contributed by atoms with Crippen molar-refractivity contribution in [3.8, 4) is 16.9 Å². The fourth-order valence-corrected chi connectivity index (χ4v) is 3.61. The number of alkyl halides is 3. The van der Waals surface area contributed by atoms with Gasteiger partial charge < -0.3 is 14.8 Å². The summed E-state index contributed by atoms with van der Waals surface area (Å²) in [5.41, 5.74) is 0.708. The van der Waals surface area contributed by atoms with Crippen molar-refractivity contribution in [2.75, 3.05) is 13.7 Å². The van der Waals surface area contributed by atoms with Gasteiger partial charge in [0.2, 0.25) is 0 Å². The molecule has 190 valence electrons. The molecule has 1 N–H and O–H groups in total. The number of methoxy groups -OCH3 is 1. The number of esters is 1. The second-order valence-electron chi connectivity index (χ2n) is 7.78. The van der Waals surface area contributed by atoms with Crippen molar-refractivity contribution in [3.63, 3.8) is 0 Å². The molecular weight excluding hydrogens is 480 g/mol. The first-order chi connectivity index (χ1) is 17.1. The highest BCUT2D eigenvalue weighted by molar-refractivity contribution is 5.94. The van der Waals surface area contributed by atoms with Crippen LogP contribution in [0.15, 0.2) is 54.9 Å². The maximum Gasteiger partial charge on any atom is 0.416 e. The zero-order valence-corrected chi connectivity index (χ0v) is 19.6. The fourth-order valence-electron chi connectivity index (χ4n) is 3.61. The van der Waals surface area contributed by atoms with E-state index in [0.29, 0.717) is 16.7 Å². The molecule has 0 saturated heterocycles. The fraction of sp³-hybridized carbons (Fsp3) is 0.269. The van der Waals surface area contributed by atoms with Crippen LogP contribution < -0.4 is 10.1 Å². The molecule has 0 unspecified atom stereocenters. The first kappa shape index (κ1) is 26.7. The number of carbonyl (C=O) groups excluding carboxylic acids is 2. The van der Waals surface area contributed by atoms with Crippen molar-refractivity contribution in [1.29, 1.82) is 0 Å². The van der Waals surface area contributed by atoms with Gasteiger partial charge in [0, 0.05) is 42.6 Å². The van der Waals surface area contributed by atoms with Crippen LogP contribution in [0.25, 0.3) is 11.1 Å². The molecule has 6 nitrogen and oxygen atoms in total. The predicted molar refractivity (Wildman–Crippen MR) is 124 cm³/mol. The Morgan fingerprint density at radius 1 is 1.06 bits per heavy atom. The number of carbonyl (C=O) groups is 2. The molecule has 1 heterocycles. The van der Waals surface area contributed by atoms with Gasteiger partial charge in [-0.3, -0.25) is 14.6 Å². The van der Waals surface area contributed by atoms with Crippen molar-refractivity contribution in [1.82, 2.24) is 10.3 Å². The van der Waals surface area contributed by atoms with E-state index in [-0.39, 0.29) is 42.9 Å². The van der Waals surface area contributed by atoms with E-state index in [2.05, 4.69) is 10.3 Å². The van der Waals surface area contributed by atoms with E-state index >= 15 is 0 Å². The van der Waals surface area contributed by atoms with Crippen LogP contribution in [-0.4, -0.2) is 30.6 Å². The van der Waals surface area contributed by atoms with Crippen LogP contribution in [0.1, 0.15) is 40.4 Å². The third kappa shape index (κ3) is 6.80. The summed E-state index contributed by atoms with van der Waals surface area (Å²) in [6.07, 6.45) is -1.79. The Hall–Kier alpha value is -3.95. The van der Waals surface area contributed by atoms with Crippen molar-refractivity contribution in [2.24, 2.45) is 0 Å². The van der Waals surface area contributed by atoms with Gasteiger partial charge in [-0.1, -0.05) is 0 Å². The molecule has 0 aliphatic rings. The van der Waals surface area contributed by atoms with Gasteiger partial charge in [0.05, 0.1) is 19.3 Å². The predicted octanol–water partition coefficient (Wildman–Crippen LogP) is 5.34. The summed E-state index contributed by atoms with van der Waals surface area (Å²) >= 11 is 0. The molecule has 3 aromatic rings. The number of rotatable bonds is 9. The maximum atomic E-state index is 13.6. The molecule has 0 bridgehead atoms. The molecule has 10 heteroatoms. The lowest BCUT2D eigenvalue weighted by atomic mass is 10.00. The number of aromatic nitrogens is 1. The van der Waals surface area contributed by atoms with Crippen LogP contribution >= 0.6 is 0 Å². The van der Waals surface area contributed by atoms with Gasteiger partial charge in [0.25, 0.3) is 5.91 Å². The summed E-state index contributed by atoms with van der Waals surface area (Å²) in [5, 5.41) is 2.61. The lowest BCUT2D eigenvalue weighted by Crippen LogP contribution is -2.24. The topological polar surface area (TPSA) is 77.5 Å². The zero-order valence-electron chi connectivity index (χ0n) is 19.6. The number of hydrogen-bond donors (Lipinski definition) is 1. The van der Waals surface area contributed by atoms with Gasteiger partial charge in [-0.2, -0.15) is 13.2 Å². The summed E-state index contributed by atoms with van der Waals surface area (Å²) in [6, 6.07) is 8.66. The van der Waals surface area contributed by atoms with E-state index < -0.39 is 29.4 Å². The number of benzene rings is 2. The normalized spacial score (nSPS) is 11.2. The number of ether oxygens (including phenoxy) is 2. The molecule has 2 aromatic carbocycles. The number of halogens is 4. The largest absolute Gasteiger partial charge is 0.496 e. The molecule has 0 atom stereocenters. The number of nitrogens with one attached hydrogen (secondary N) is 1. The van der Waals surface area contributed by atoms with Crippen LogP contribution in [0, 0.1) is 5.82 Å². The minimum absolute atomic E-state index is 0.0137. The molecular formula is C26H24F4N2O4. The van der Waals surface area contributed by atoms with Gasteiger partial charge in [0.1, 0.15) is 11.6 Å². The molecule has 0 spiro atoms. The summed E-state index contributed by atoms with van der Waals surface area (Å²) in [5.74, 6) is -1.48. The minimum Gasteiger partial charge on any atom is -0.496 e. The van der Waals surface area contributed by atoms with Crippen molar-refractivity contribution in [2.45, 2.75) is 32.5 Å². The highest BCUT2D eigenvalue weighted by Crippen LogP contribution is 2.33. The number of hydrogen-bond acceptors (Lipinski definition) is 5. The maximum absolute atomic E-state index is 13.6. The van der Waals surface area contributed by atoms with Crippen LogP contribution in [0.5, 0.6) is 5.75 Å². The Morgan fingerprint density at radius 3 is 2.53 bits per heavy atom.